The number of carbonyl (C=O) groups excluding carboxylic acids is 1. The first kappa shape index (κ1) is 18.4. The SMILES string of the molecule is Cc1ccc(NC(=O)c2cc(C)nc(Nc3ccc(F)cc3F)n2)c(C)c1. The first-order valence-corrected chi connectivity index (χ1v) is 8.28. The summed E-state index contributed by atoms with van der Waals surface area (Å²) < 4.78 is 26.9. The molecule has 0 unspecified atom stereocenters. The Morgan fingerprint density at radius 1 is 0.926 bits per heavy atom. The van der Waals surface area contributed by atoms with Crippen LogP contribution in [0.3, 0.4) is 0 Å². The van der Waals surface area contributed by atoms with Crippen LogP contribution in [0.2, 0.25) is 0 Å². The van der Waals surface area contributed by atoms with Crippen LogP contribution in [0, 0.1) is 32.4 Å². The van der Waals surface area contributed by atoms with Crippen molar-refractivity contribution in [3.8, 4) is 0 Å². The molecule has 0 spiro atoms. The van der Waals surface area contributed by atoms with Gasteiger partial charge in [0.25, 0.3) is 5.91 Å². The highest BCUT2D eigenvalue weighted by molar-refractivity contribution is 6.03. The first-order valence-electron chi connectivity index (χ1n) is 8.28. The molecule has 27 heavy (non-hydrogen) atoms. The lowest BCUT2D eigenvalue weighted by atomic mass is 10.1. The number of rotatable bonds is 4. The molecule has 5 nitrogen and oxygen atoms in total. The summed E-state index contributed by atoms with van der Waals surface area (Å²) in [7, 11) is 0. The van der Waals surface area contributed by atoms with Crippen molar-refractivity contribution >= 4 is 23.2 Å². The molecular weight excluding hydrogens is 350 g/mol. The summed E-state index contributed by atoms with van der Waals surface area (Å²) in [5, 5.41) is 5.48. The number of amides is 1. The van der Waals surface area contributed by atoms with E-state index in [1.54, 1.807) is 6.92 Å². The van der Waals surface area contributed by atoms with Crippen LogP contribution in [0.15, 0.2) is 42.5 Å². The van der Waals surface area contributed by atoms with Gasteiger partial charge in [0, 0.05) is 17.4 Å². The van der Waals surface area contributed by atoms with Gasteiger partial charge in [-0.05, 0) is 50.6 Å². The van der Waals surface area contributed by atoms with Gasteiger partial charge in [-0.15, -0.1) is 0 Å². The number of aromatic nitrogens is 2. The largest absolute Gasteiger partial charge is 0.322 e. The lowest BCUT2D eigenvalue weighted by Crippen LogP contribution is -2.16. The van der Waals surface area contributed by atoms with E-state index < -0.39 is 17.5 Å². The number of hydrogen-bond acceptors (Lipinski definition) is 4. The minimum atomic E-state index is -0.776. The zero-order valence-corrected chi connectivity index (χ0v) is 15.1. The number of halogens is 2. The average Bonchev–Trinajstić information content (AvgIpc) is 2.59. The summed E-state index contributed by atoms with van der Waals surface area (Å²) >= 11 is 0. The van der Waals surface area contributed by atoms with E-state index in [1.165, 1.54) is 12.1 Å². The van der Waals surface area contributed by atoms with Gasteiger partial charge < -0.3 is 10.6 Å². The Bertz CT molecular complexity index is 1020. The molecule has 7 heteroatoms. The van der Waals surface area contributed by atoms with Gasteiger partial charge >= 0.3 is 0 Å². The van der Waals surface area contributed by atoms with Gasteiger partial charge in [-0.25, -0.2) is 18.7 Å². The molecule has 3 aromatic rings. The highest BCUT2D eigenvalue weighted by atomic mass is 19.1. The van der Waals surface area contributed by atoms with Crippen LogP contribution in [0.1, 0.15) is 27.3 Å². The van der Waals surface area contributed by atoms with E-state index in [9.17, 15) is 13.6 Å². The van der Waals surface area contributed by atoms with Gasteiger partial charge in [0.1, 0.15) is 17.3 Å². The van der Waals surface area contributed by atoms with Gasteiger partial charge in [-0.2, -0.15) is 0 Å². The van der Waals surface area contributed by atoms with Gasteiger partial charge in [0.15, 0.2) is 0 Å². The van der Waals surface area contributed by atoms with E-state index in [2.05, 4.69) is 20.6 Å². The van der Waals surface area contributed by atoms with Crippen LogP contribution in [0.25, 0.3) is 0 Å². The van der Waals surface area contributed by atoms with Crippen LogP contribution in [0.5, 0.6) is 0 Å². The number of hydrogen-bond donors (Lipinski definition) is 2. The molecule has 0 atom stereocenters. The average molecular weight is 368 g/mol. The third-order valence-corrected chi connectivity index (χ3v) is 3.89. The smallest absolute Gasteiger partial charge is 0.274 e. The van der Waals surface area contributed by atoms with Crippen LogP contribution in [-0.2, 0) is 0 Å². The molecule has 0 aliphatic rings. The van der Waals surface area contributed by atoms with Gasteiger partial charge in [0.2, 0.25) is 5.95 Å². The van der Waals surface area contributed by atoms with E-state index in [-0.39, 0.29) is 17.3 Å². The Morgan fingerprint density at radius 2 is 1.67 bits per heavy atom. The lowest BCUT2D eigenvalue weighted by molar-refractivity contribution is 0.102. The molecule has 0 fully saturated rings. The van der Waals surface area contributed by atoms with Crippen LogP contribution in [-0.4, -0.2) is 15.9 Å². The van der Waals surface area contributed by atoms with Crippen molar-refractivity contribution in [1.82, 2.24) is 9.97 Å². The number of anilines is 3. The van der Waals surface area contributed by atoms with E-state index in [4.69, 9.17) is 0 Å². The zero-order valence-electron chi connectivity index (χ0n) is 15.1. The molecule has 1 heterocycles. The maximum atomic E-state index is 13.8. The number of carbonyl (C=O) groups is 1. The summed E-state index contributed by atoms with van der Waals surface area (Å²) in [6, 6.07) is 10.3. The summed E-state index contributed by atoms with van der Waals surface area (Å²) in [6.07, 6.45) is 0. The molecule has 1 amide bonds. The molecular formula is C20H18F2N4O. The standard InChI is InChI=1S/C20H18F2N4O/c1-11-4-6-16(12(2)8-11)24-19(27)18-9-13(3)23-20(26-18)25-17-7-5-14(21)10-15(17)22/h4-10H,1-3H3,(H,24,27)(H,23,25,26). The normalized spacial score (nSPS) is 10.6. The monoisotopic (exact) mass is 368 g/mol. The molecule has 0 saturated carbocycles. The van der Waals surface area contributed by atoms with E-state index in [0.717, 1.165) is 23.3 Å². The van der Waals surface area contributed by atoms with E-state index in [0.29, 0.717) is 11.4 Å². The molecule has 0 aliphatic heterocycles. The highest BCUT2D eigenvalue weighted by Crippen LogP contribution is 2.20. The van der Waals surface area contributed by atoms with Crippen LogP contribution >= 0.6 is 0 Å². The Hall–Kier alpha value is -3.35. The molecule has 0 radical (unpaired) electrons. The third kappa shape index (κ3) is 4.44. The number of nitrogens with one attached hydrogen (secondary N) is 2. The molecule has 0 aliphatic carbocycles. The minimum Gasteiger partial charge on any atom is -0.322 e. The maximum absolute atomic E-state index is 13.8. The topological polar surface area (TPSA) is 66.9 Å². The van der Waals surface area contributed by atoms with E-state index in [1.807, 2.05) is 32.0 Å². The van der Waals surface area contributed by atoms with Crippen molar-refractivity contribution in [3.63, 3.8) is 0 Å². The maximum Gasteiger partial charge on any atom is 0.274 e. The quantitative estimate of drug-likeness (QED) is 0.702. The number of nitrogens with zero attached hydrogens (tertiary/aromatic N) is 2. The Balaban J connectivity index is 1.85. The van der Waals surface area contributed by atoms with Crippen molar-refractivity contribution in [3.05, 3.63) is 76.6 Å². The summed E-state index contributed by atoms with van der Waals surface area (Å²) in [6.45, 7) is 5.57. The molecule has 0 bridgehead atoms. The molecule has 2 N–H and O–H groups in total. The fourth-order valence-electron chi connectivity index (χ4n) is 2.59. The third-order valence-electron chi connectivity index (χ3n) is 3.89. The zero-order chi connectivity index (χ0) is 19.6. The van der Waals surface area contributed by atoms with Gasteiger partial charge in [-0.1, -0.05) is 17.7 Å². The number of aryl methyl sites for hydroxylation is 3. The van der Waals surface area contributed by atoms with Crippen molar-refractivity contribution < 1.29 is 13.6 Å². The fraction of sp³-hybridized carbons (Fsp3) is 0.150. The van der Waals surface area contributed by atoms with Crippen molar-refractivity contribution in [2.45, 2.75) is 20.8 Å². The molecule has 138 valence electrons. The van der Waals surface area contributed by atoms with Gasteiger partial charge in [-0.3, -0.25) is 4.79 Å². The molecule has 2 aromatic carbocycles. The second kappa shape index (κ2) is 7.49. The van der Waals surface area contributed by atoms with Crippen molar-refractivity contribution in [2.24, 2.45) is 0 Å². The van der Waals surface area contributed by atoms with Crippen LogP contribution < -0.4 is 10.6 Å². The Morgan fingerprint density at radius 3 is 2.37 bits per heavy atom. The molecule has 1 aromatic heterocycles. The fourth-order valence-corrected chi connectivity index (χ4v) is 2.59. The Labute approximate surface area is 155 Å². The highest BCUT2D eigenvalue weighted by Gasteiger charge is 2.13. The van der Waals surface area contributed by atoms with Crippen LogP contribution in [0.4, 0.5) is 26.1 Å². The first-order chi connectivity index (χ1) is 12.8. The van der Waals surface area contributed by atoms with Gasteiger partial charge in [0.05, 0.1) is 5.69 Å². The molecule has 3 rings (SSSR count). The minimum absolute atomic E-state index is 0.0164. The predicted molar refractivity (Wildman–Crippen MR) is 100 cm³/mol. The summed E-state index contributed by atoms with van der Waals surface area (Å²) in [4.78, 5) is 20.9. The predicted octanol–water partition coefficient (Wildman–Crippen LogP) is 4.68. The lowest BCUT2D eigenvalue weighted by Gasteiger charge is -2.11. The number of benzene rings is 2. The second-order valence-electron chi connectivity index (χ2n) is 6.24. The van der Waals surface area contributed by atoms with Crippen molar-refractivity contribution in [1.29, 1.82) is 0 Å². The van der Waals surface area contributed by atoms with E-state index >= 15 is 0 Å². The summed E-state index contributed by atoms with van der Waals surface area (Å²) in [5.74, 6) is -1.82. The Kier molecular flexibility index (Phi) is 5.12. The van der Waals surface area contributed by atoms with Crippen molar-refractivity contribution in [2.75, 3.05) is 10.6 Å². The molecule has 0 saturated heterocycles. The second-order valence-corrected chi connectivity index (χ2v) is 6.24. The summed E-state index contributed by atoms with van der Waals surface area (Å²) in [5.41, 5.74) is 3.38.